The first kappa shape index (κ1) is 9.99. The summed E-state index contributed by atoms with van der Waals surface area (Å²) in [6.07, 6.45) is 0. The van der Waals surface area contributed by atoms with Crippen LogP contribution in [0.15, 0.2) is 11.2 Å². The number of hydrogen-bond acceptors (Lipinski definition) is 5. The van der Waals surface area contributed by atoms with Crippen molar-refractivity contribution in [2.45, 2.75) is 19.0 Å². The van der Waals surface area contributed by atoms with Gasteiger partial charge in [-0.05, 0) is 13.8 Å². The van der Waals surface area contributed by atoms with Crippen LogP contribution in [-0.2, 0) is 10.0 Å². The molecule has 7 nitrogen and oxygen atoms in total. The van der Waals surface area contributed by atoms with Crippen molar-refractivity contribution in [1.82, 2.24) is 19.6 Å². The number of hydrogen-bond donors (Lipinski definition) is 1. The fraction of sp³-hybridized carbons (Fsp3) is 0.286. The first-order valence-electron chi connectivity index (χ1n) is 4.12. The lowest BCUT2D eigenvalue weighted by Gasteiger charge is -1.97. The number of primary sulfonamides is 1. The van der Waals surface area contributed by atoms with E-state index in [0.29, 0.717) is 11.5 Å². The van der Waals surface area contributed by atoms with Gasteiger partial charge in [0.2, 0.25) is 0 Å². The molecule has 0 aliphatic heterocycles. The summed E-state index contributed by atoms with van der Waals surface area (Å²) in [7, 11) is -3.87. The molecule has 0 radical (unpaired) electrons. The second-order valence-corrected chi connectivity index (χ2v) is 4.61. The van der Waals surface area contributed by atoms with Gasteiger partial charge >= 0.3 is 0 Å². The van der Waals surface area contributed by atoms with Crippen LogP contribution in [0.4, 0.5) is 0 Å². The third-order valence-electron chi connectivity index (χ3n) is 1.85. The SMILES string of the molecule is Cc1cc2nc(S(N)(=O)=O)nn2c(C)n1. The minimum atomic E-state index is -3.87. The number of sulfonamides is 1. The topological polar surface area (TPSA) is 103 Å². The van der Waals surface area contributed by atoms with E-state index in [2.05, 4.69) is 15.1 Å². The fourth-order valence-corrected chi connectivity index (χ4v) is 1.69. The van der Waals surface area contributed by atoms with Gasteiger partial charge in [0.15, 0.2) is 5.65 Å². The van der Waals surface area contributed by atoms with Crippen LogP contribution in [0, 0.1) is 13.8 Å². The van der Waals surface area contributed by atoms with E-state index in [0.717, 1.165) is 5.69 Å². The van der Waals surface area contributed by atoms with Crippen LogP contribution in [0.25, 0.3) is 5.65 Å². The lowest BCUT2D eigenvalue weighted by molar-refractivity contribution is 0.588. The van der Waals surface area contributed by atoms with Crippen LogP contribution in [-0.4, -0.2) is 28.0 Å². The lowest BCUT2D eigenvalue weighted by atomic mass is 10.4. The average Bonchev–Trinajstić information content (AvgIpc) is 2.46. The Bertz CT molecular complexity index is 630. The quantitative estimate of drug-likeness (QED) is 0.699. The monoisotopic (exact) mass is 227 g/mol. The van der Waals surface area contributed by atoms with Gasteiger partial charge in [-0.2, -0.15) is 9.50 Å². The van der Waals surface area contributed by atoms with E-state index in [9.17, 15) is 8.42 Å². The Kier molecular flexibility index (Phi) is 1.98. The van der Waals surface area contributed by atoms with Gasteiger partial charge < -0.3 is 0 Å². The highest BCUT2D eigenvalue weighted by Gasteiger charge is 2.16. The van der Waals surface area contributed by atoms with Gasteiger partial charge in [-0.25, -0.2) is 18.5 Å². The Morgan fingerprint density at radius 2 is 2.00 bits per heavy atom. The molecule has 0 spiro atoms. The molecule has 0 aliphatic rings. The van der Waals surface area contributed by atoms with Gasteiger partial charge in [-0.3, -0.25) is 0 Å². The Morgan fingerprint density at radius 1 is 1.33 bits per heavy atom. The highest BCUT2D eigenvalue weighted by atomic mass is 32.2. The van der Waals surface area contributed by atoms with Gasteiger partial charge in [0, 0.05) is 11.8 Å². The first-order chi connectivity index (χ1) is 6.88. The van der Waals surface area contributed by atoms with Crippen molar-refractivity contribution in [1.29, 1.82) is 0 Å². The van der Waals surface area contributed by atoms with Gasteiger partial charge in [0.05, 0.1) is 0 Å². The molecule has 80 valence electrons. The standard InChI is InChI=1S/C7H9N5O2S/c1-4-3-6-10-7(15(8,13)14)11-12(6)5(2)9-4/h3H,1-2H3,(H2,8,13,14). The van der Waals surface area contributed by atoms with Gasteiger partial charge in [0.1, 0.15) is 5.82 Å². The van der Waals surface area contributed by atoms with Crippen molar-refractivity contribution in [3.05, 3.63) is 17.6 Å². The van der Waals surface area contributed by atoms with E-state index in [1.165, 1.54) is 4.52 Å². The highest BCUT2D eigenvalue weighted by Crippen LogP contribution is 2.07. The molecule has 0 aliphatic carbocycles. The third-order valence-corrected chi connectivity index (χ3v) is 2.53. The smallest absolute Gasteiger partial charge is 0.238 e. The van der Waals surface area contributed by atoms with Crippen LogP contribution < -0.4 is 5.14 Å². The second-order valence-electron chi connectivity index (χ2n) is 3.15. The van der Waals surface area contributed by atoms with Crippen molar-refractivity contribution in [3.8, 4) is 0 Å². The number of rotatable bonds is 1. The molecule has 0 bridgehead atoms. The lowest BCUT2D eigenvalue weighted by Crippen LogP contribution is -2.14. The van der Waals surface area contributed by atoms with E-state index in [4.69, 9.17) is 5.14 Å². The minimum Gasteiger partial charge on any atom is -0.238 e. The molecule has 0 amide bonds. The number of aromatic nitrogens is 4. The molecule has 0 saturated heterocycles. The maximum Gasteiger partial charge on any atom is 0.282 e. The van der Waals surface area contributed by atoms with Crippen molar-refractivity contribution < 1.29 is 8.42 Å². The first-order valence-corrected chi connectivity index (χ1v) is 5.66. The number of aryl methyl sites for hydroxylation is 2. The molecule has 2 rings (SSSR count). The Morgan fingerprint density at radius 3 is 2.60 bits per heavy atom. The maximum atomic E-state index is 11.0. The summed E-state index contributed by atoms with van der Waals surface area (Å²) in [5.74, 6) is 0.562. The summed E-state index contributed by atoms with van der Waals surface area (Å²) >= 11 is 0. The van der Waals surface area contributed by atoms with E-state index in [1.807, 2.05) is 0 Å². The number of nitrogens with zero attached hydrogens (tertiary/aromatic N) is 4. The zero-order valence-electron chi connectivity index (χ0n) is 8.17. The number of nitrogens with two attached hydrogens (primary N) is 1. The molecular formula is C7H9N5O2S. The largest absolute Gasteiger partial charge is 0.282 e. The molecular weight excluding hydrogens is 218 g/mol. The van der Waals surface area contributed by atoms with E-state index >= 15 is 0 Å². The van der Waals surface area contributed by atoms with E-state index in [-0.39, 0.29) is 0 Å². The Labute approximate surface area is 86.0 Å². The molecule has 0 atom stereocenters. The zero-order chi connectivity index (χ0) is 11.2. The molecule has 0 saturated carbocycles. The number of fused-ring (bicyclic) bond motifs is 1. The summed E-state index contributed by atoms with van der Waals surface area (Å²) in [5, 5.41) is 8.29. The van der Waals surface area contributed by atoms with E-state index in [1.54, 1.807) is 19.9 Å². The molecule has 0 unspecified atom stereocenters. The van der Waals surface area contributed by atoms with Crippen LogP contribution in [0.5, 0.6) is 0 Å². The third kappa shape index (κ3) is 1.68. The predicted octanol–water partition coefficient (Wildman–Crippen LogP) is -0.611. The zero-order valence-corrected chi connectivity index (χ0v) is 8.98. The van der Waals surface area contributed by atoms with Crippen LogP contribution in [0.2, 0.25) is 0 Å². The van der Waals surface area contributed by atoms with Gasteiger partial charge in [0.25, 0.3) is 15.2 Å². The molecule has 2 heterocycles. The van der Waals surface area contributed by atoms with Crippen molar-refractivity contribution in [2.75, 3.05) is 0 Å². The molecule has 15 heavy (non-hydrogen) atoms. The average molecular weight is 227 g/mol. The molecule has 2 aromatic heterocycles. The van der Waals surface area contributed by atoms with Crippen molar-refractivity contribution in [2.24, 2.45) is 5.14 Å². The fourth-order valence-electron chi connectivity index (χ4n) is 1.28. The van der Waals surface area contributed by atoms with Crippen molar-refractivity contribution >= 4 is 15.7 Å². The maximum absolute atomic E-state index is 11.0. The van der Waals surface area contributed by atoms with Crippen molar-refractivity contribution in [3.63, 3.8) is 0 Å². The van der Waals surface area contributed by atoms with Gasteiger partial charge in [-0.1, -0.05) is 0 Å². The van der Waals surface area contributed by atoms with E-state index < -0.39 is 15.2 Å². The predicted molar refractivity (Wildman–Crippen MR) is 51.6 cm³/mol. The molecule has 0 aromatic carbocycles. The Hall–Kier alpha value is -1.54. The molecule has 2 aromatic rings. The summed E-state index contributed by atoms with van der Waals surface area (Å²) in [4.78, 5) is 7.93. The van der Waals surface area contributed by atoms with Gasteiger partial charge in [-0.15, -0.1) is 5.10 Å². The second kappa shape index (κ2) is 2.97. The summed E-state index contributed by atoms with van der Waals surface area (Å²) < 4.78 is 23.4. The minimum absolute atomic E-state index is 0.391. The molecule has 2 N–H and O–H groups in total. The molecule has 0 fully saturated rings. The van der Waals surface area contributed by atoms with Crippen LogP contribution >= 0.6 is 0 Å². The summed E-state index contributed by atoms with van der Waals surface area (Å²) in [6.45, 7) is 3.50. The normalized spacial score (nSPS) is 12.2. The Balaban J connectivity index is 2.82. The van der Waals surface area contributed by atoms with Crippen LogP contribution in [0.1, 0.15) is 11.5 Å². The highest BCUT2D eigenvalue weighted by molar-refractivity contribution is 7.89. The summed E-state index contributed by atoms with van der Waals surface area (Å²) in [5.41, 5.74) is 1.16. The molecule has 8 heteroatoms. The summed E-state index contributed by atoms with van der Waals surface area (Å²) in [6, 6.07) is 1.63. The van der Waals surface area contributed by atoms with Crippen LogP contribution in [0.3, 0.4) is 0 Å².